The van der Waals surface area contributed by atoms with Crippen molar-refractivity contribution in [2.75, 3.05) is 21.1 Å². The number of rotatable bonds is 7. The number of hydrogen-bond acceptors (Lipinski definition) is 4. The van der Waals surface area contributed by atoms with Gasteiger partial charge in [-0.2, -0.15) is 5.10 Å². The van der Waals surface area contributed by atoms with Gasteiger partial charge in [-0.15, -0.1) is 24.0 Å². The molecule has 2 N–H and O–H groups in total. The van der Waals surface area contributed by atoms with Gasteiger partial charge in [-0.3, -0.25) is 9.79 Å². The second kappa shape index (κ2) is 12.0. The molecule has 0 radical (unpaired) electrons. The zero-order chi connectivity index (χ0) is 21.3. The van der Waals surface area contributed by atoms with Crippen LogP contribution in [-0.2, 0) is 19.6 Å². The van der Waals surface area contributed by atoms with E-state index in [2.05, 4.69) is 43.9 Å². The van der Waals surface area contributed by atoms with Gasteiger partial charge in [0.2, 0.25) is 0 Å². The van der Waals surface area contributed by atoms with Crippen LogP contribution in [0.15, 0.2) is 66.2 Å². The summed E-state index contributed by atoms with van der Waals surface area (Å²) in [7, 11) is 5.24. The summed E-state index contributed by atoms with van der Waals surface area (Å²) in [6.07, 6.45) is 3.24. The minimum Gasteiger partial charge on any atom is -0.352 e. The molecule has 3 aromatic rings. The zero-order valence-electron chi connectivity index (χ0n) is 17.9. The molecule has 1 amide bonds. The number of guanidine groups is 1. The molecule has 0 fully saturated rings. The Hall–Kier alpha value is -2.95. The normalized spacial score (nSPS) is 10.9. The van der Waals surface area contributed by atoms with E-state index in [9.17, 15) is 4.79 Å². The third-order valence-electron chi connectivity index (χ3n) is 4.55. The van der Waals surface area contributed by atoms with E-state index in [0.29, 0.717) is 31.2 Å². The Labute approximate surface area is 199 Å². The van der Waals surface area contributed by atoms with Gasteiger partial charge in [0.1, 0.15) is 12.7 Å². The van der Waals surface area contributed by atoms with E-state index >= 15 is 0 Å². The largest absolute Gasteiger partial charge is 0.352 e. The van der Waals surface area contributed by atoms with Crippen molar-refractivity contribution in [3.63, 3.8) is 0 Å². The molecule has 0 atom stereocenters. The van der Waals surface area contributed by atoms with Crippen LogP contribution in [0.2, 0.25) is 0 Å². The number of nitrogens with zero attached hydrogens (tertiary/aromatic N) is 5. The minimum atomic E-state index is -0.00182. The summed E-state index contributed by atoms with van der Waals surface area (Å²) in [5, 5.41) is 10.8. The number of hydrogen-bond donors (Lipinski definition) is 2. The first-order valence-corrected chi connectivity index (χ1v) is 9.70. The Morgan fingerprint density at radius 3 is 2.32 bits per heavy atom. The van der Waals surface area contributed by atoms with Gasteiger partial charge in [0.25, 0.3) is 5.91 Å². The predicted molar refractivity (Wildman–Crippen MR) is 132 cm³/mol. The molecule has 0 aliphatic carbocycles. The van der Waals surface area contributed by atoms with Gasteiger partial charge in [-0.1, -0.05) is 36.4 Å². The van der Waals surface area contributed by atoms with Crippen LogP contribution in [0, 0.1) is 0 Å². The van der Waals surface area contributed by atoms with Gasteiger partial charge >= 0.3 is 0 Å². The molecule has 2 aromatic carbocycles. The maximum atomic E-state index is 12.0. The molecule has 0 unspecified atom stereocenters. The van der Waals surface area contributed by atoms with Crippen LogP contribution in [0.25, 0.3) is 0 Å². The van der Waals surface area contributed by atoms with E-state index < -0.39 is 0 Å². The highest BCUT2D eigenvalue weighted by atomic mass is 127. The van der Waals surface area contributed by atoms with E-state index in [1.54, 1.807) is 37.1 Å². The minimum absolute atomic E-state index is 0. The Kier molecular flexibility index (Phi) is 9.44. The van der Waals surface area contributed by atoms with Crippen LogP contribution in [0.4, 0.5) is 0 Å². The van der Waals surface area contributed by atoms with Gasteiger partial charge in [-0.25, -0.2) is 9.67 Å². The zero-order valence-corrected chi connectivity index (χ0v) is 20.3. The first-order chi connectivity index (χ1) is 14.5. The molecule has 0 aliphatic rings. The molecule has 1 heterocycles. The average molecular weight is 533 g/mol. The van der Waals surface area contributed by atoms with Gasteiger partial charge in [0, 0.05) is 39.8 Å². The van der Waals surface area contributed by atoms with Crippen molar-refractivity contribution in [3.05, 3.63) is 83.4 Å². The third kappa shape index (κ3) is 7.35. The lowest BCUT2D eigenvalue weighted by molar-refractivity contribution is 0.0827. The predicted octanol–water partition coefficient (Wildman–Crippen LogP) is 2.51. The highest BCUT2D eigenvalue weighted by Gasteiger charge is 2.07. The van der Waals surface area contributed by atoms with Gasteiger partial charge in [0.05, 0.1) is 6.54 Å². The summed E-state index contributed by atoms with van der Waals surface area (Å²) in [6.45, 7) is 1.96. The van der Waals surface area contributed by atoms with E-state index in [1.165, 1.54) is 6.33 Å². The number of halogens is 1. The van der Waals surface area contributed by atoms with Gasteiger partial charge in [0.15, 0.2) is 5.96 Å². The quantitative estimate of drug-likeness (QED) is 0.277. The summed E-state index contributed by atoms with van der Waals surface area (Å²) >= 11 is 0. The number of nitrogens with one attached hydrogen (secondary N) is 2. The molecular weight excluding hydrogens is 505 g/mol. The second-order valence-electron chi connectivity index (χ2n) is 7.09. The summed E-state index contributed by atoms with van der Waals surface area (Å²) in [5.74, 6) is 0.711. The molecule has 0 bridgehead atoms. The molecule has 1 aromatic heterocycles. The fourth-order valence-corrected chi connectivity index (χ4v) is 2.95. The summed E-state index contributed by atoms with van der Waals surface area (Å²) in [5.41, 5.74) is 4.07. The lowest BCUT2D eigenvalue weighted by Crippen LogP contribution is -2.36. The number of aromatic nitrogens is 3. The molecule has 0 aliphatic heterocycles. The van der Waals surface area contributed by atoms with Crippen LogP contribution in [0.3, 0.4) is 0 Å². The molecule has 0 spiro atoms. The molecule has 0 saturated carbocycles. The van der Waals surface area contributed by atoms with Crippen molar-refractivity contribution in [1.29, 1.82) is 0 Å². The van der Waals surface area contributed by atoms with Crippen LogP contribution < -0.4 is 10.6 Å². The topological polar surface area (TPSA) is 87.4 Å². The lowest BCUT2D eigenvalue weighted by Gasteiger charge is -2.13. The van der Waals surface area contributed by atoms with E-state index in [0.717, 1.165) is 16.7 Å². The van der Waals surface area contributed by atoms with Crippen LogP contribution in [0.1, 0.15) is 27.0 Å². The fraction of sp³-hybridized carbons (Fsp3) is 0.273. The number of carbonyl (C=O) groups excluding carboxylic acids is 1. The van der Waals surface area contributed by atoms with Crippen molar-refractivity contribution in [1.82, 2.24) is 30.3 Å². The maximum Gasteiger partial charge on any atom is 0.253 e. The van der Waals surface area contributed by atoms with E-state index in [4.69, 9.17) is 0 Å². The Bertz CT molecular complexity index is 985. The van der Waals surface area contributed by atoms with Crippen molar-refractivity contribution in [3.8, 4) is 0 Å². The first kappa shape index (κ1) is 24.3. The SMILES string of the molecule is CN=C(NCc1ccc(C(=O)N(C)C)cc1)NCc1cccc(Cn2cncn2)c1.I. The maximum absolute atomic E-state index is 12.0. The number of carbonyl (C=O) groups is 1. The highest BCUT2D eigenvalue weighted by Crippen LogP contribution is 2.08. The monoisotopic (exact) mass is 533 g/mol. The number of amides is 1. The van der Waals surface area contributed by atoms with Crippen LogP contribution in [-0.4, -0.2) is 52.7 Å². The smallest absolute Gasteiger partial charge is 0.253 e. The van der Waals surface area contributed by atoms with Crippen molar-refractivity contribution >= 4 is 35.8 Å². The molecule has 3 rings (SSSR count). The molecular formula is C22H28IN7O. The molecule has 31 heavy (non-hydrogen) atoms. The van der Waals surface area contributed by atoms with Crippen LogP contribution >= 0.6 is 24.0 Å². The second-order valence-corrected chi connectivity index (χ2v) is 7.09. The summed E-state index contributed by atoms with van der Waals surface area (Å²) in [6, 6.07) is 15.9. The first-order valence-electron chi connectivity index (χ1n) is 9.70. The average Bonchev–Trinajstić information content (AvgIpc) is 3.27. The Morgan fingerprint density at radius 2 is 1.71 bits per heavy atom. The van der Waals surface area contributed by atoms with Crippen molar-refractivity contribution in [2.24, 2.45) is 4.99 Å². The molecule has 9 heteroatoms. The lowest BCUT2D eigenvalue weighted by atomic mass is 10.1. The molecule has 8 nitrogen and oxygen atoms in total. The van der Waals surface area contributed by atoms with E-state index in [-0.39, 0.29) is 29.9 Å². The Morgan fingerprint density at radius 1 is 1.03 bits per heavy atom. The number of benzene rings is 2. The van der Waals surface area contributed by atoms with Crippen molar-refractivity contribution in [2.45, 2.75) is 19.6 Å². The van der Waals surface area contributed by atoms with Gasteiger partial charge < -0.3 is 15.5 Å². The molecule has 0 saturated heterocycles. The highest BCUT2D eigenvalue weighted by molar-refractivity contribution is 14.0. The summed E-state index contributed by atoms with van der Waals surface area (Å²) < 4.78 is 1.80. The van der Waals surface area contributed by atoms with Crippen LogP contribution in [0.5, 0.6) is 0 Å². The fourth-order valence-electron chi connectivity index (χ4n) is 2.95. The third-order valence-corrected chi connectivity index (χ3v) is 4.55. The van der Waals surface area contributed by atoms with Crippen molar-refractivity contribution < 1.29 is 4.79 Å². The molecule has 164 valence electrons. The summed E-state index contributed by atoms with van der Waals surface area (Å²) in [4.78, 5) is 21.8. The Balaban J connectivity index is 0.00000341. The number of aliphatic imine (C=N–C) groups is 1. The van der Waals surface area contributed by atoms with E-state index in [1.807, 2.05) is 30.3 Å². The standard InChI is InChI=1S/C22H27N7O.HI/c1-23-22(25-12-17-7-9-20(10-8-17)21(30)28(2)3)26-13-18-5-4-6-19(11-18)14-29-16-24-15-27-29;/h4-11,15-16H,12-14H2,1-3H3,(H2,23,25,26);1H. The van der Waals surface area contributed by atoms with Gasteiger partial charge in [-0.05, 0) is 28.8 Å².